The van der Waals surface area contributed by atoms with Gasteiger partial charge in [0.2, 0.25) is 0 Å². The summed E-state index contributed by atoms with van der Waals surface area (Å²) in [5, 5.41) is 17.4. The minimum absolute atomic E-state index is 0. The Labute approximate surface area is 71.8 Å². The molecule has 11 heavy (non-hydrogen) atoms. The molecule has 0 fully saturated rings. The first-order valence-electron chi connectivity index (χ1n) is 3.13. The number of carboxylic acid groups (broad SMARTS) is 1. The lowest BCUT2D eigenvalue weighted by Gasteiger charge is -2.17. The van der Waals surface area contributed by atoms with Crippen LogP contribution < -0.4 is 5.73 Å². The van der Waals surface area contributed by atoms with E-state index in [4.69, 9.17) is 15.9 Å². The molecule has 0 heterocycles. The number of nitrogens with two attached hydrogens (primary N) is 1. The van der Waals surface area contributed by atoms with Gasteiger partial charge in [0.25, 0.3) is 0 Å². The van der Waals surface area contributed by atoms with Crippen LogP contribution in [-0.4, -0.2) is 28.3 Å². The van der Waals surface area contributed by atoms with Crippen molar-refractivity contribution in [2.75, 3.05) is 0 Å². The van der Waals surface area contributed by atoms with Gasteiger partial charge in [-0.1, -0.05) is 13.8 Å². The smallest absolute Gasteiger partial charge is 0.323 e. The molecule has 0 rings (SSSR count). The van der Waals surface area contributed by atoms with E-state index in [0.29, 0.717) is 0 Å². The van der Waals surface area contributed by atoms with E-state index in [1.165, 1.54) is 0 Å². The molecule has 0 saturated heterocycles. The fraction of sp³-hybridized carbons (Fsp3) is 0.833. The van der Waals surface area contributed by atoms with E-state index in [2.05, 4.69) is 0 Å². The highest BCUT2D eigenvalue weighted by molar-refractivity contribution is 5.85. The molecule has 1 unspecified atom stereocenters. The van der Waals surface area contributed by atoms with E-state index in [1.807, 2.05) is 0 Å². The Kier molecular flexibility index (Phi) is 6.46. The van der Waals surface area contributed by atoms with Gasteiger partial charge < -0.3 is 15.9 Å². The number of rotatable bonds is 3. The molecule has 0 aliphatic heterocycles. The largest absolute Gasteiger partial charge is 0.480 e. The third kappa shape index (κ3) is 4.19. The van der Waals surface area contributed by atoms with Crippen molar-refractivity contribution in [1.29, 1.82) is 0 Å². The fourth-order valence-electron chi connectivity index (χ4n) is 0.561. The molecule has 0 aliphatic rings. The van der Waals surface area contributed by atoms with Crippen LogP contribution in [0.25, 0.3) is 0 Å². The average molecular weight is 184 g/mol. The zero-order valence-electron chi connectivity index (χ0n) is 6.52. The molecule has 5 heteroatoms. The van der Waals surface area contributed by atoms with Crippen LogP contribution in [0.2, 0.25) is 0 Å². The van der Waals surface area contributed by atoms with Crippen molar-refractivity contribution in [3.8, 4) is 0 Å². The topological polar surface area (TPSA) is 83.5 Å². The Hall–Kier alpha value is -0.320. The summed E-state index contributed by atoms with van der Waals surface area (Å²) in [6.07, 6.45) is -0.961. The highest BCUT2D eigenvalue weighted by Crippen LogP contribution is 2.03. The number of hydrogen-bond acceptors (Lipinski definition) is 3. The van der Waals surface area contributed by atoms with Crippen molar-refractivity contribution in [1.82, 2.24) is 0 Å². The Morgan fingerprint density at radius 1 is 1.45 bits per heavy atom. The summed E-state index contributed by atoms with van der Waals surface area (Å²) in [5.41, 5.74) is 5.11. The normalized spacial score (nSPS) is 15.4. The number of aliphatic carboxylic acids is 1. The first kappa shape index (κ1) is 13.3. The number of aliphatic hydroxyl groups is 1. The van der Waals surface area contributed by atoms with Crippen LogP contribution in [0.1, 0.15) is 13.8 Å². The van der Waals surface area contributed by atoms with Crippen LogP contribution in [0.5, 0.6) is 0 Å². The monoisotopic (exact) mass is 183 g/mol. The molecule has 0 aromatic rings. The van der Waals surface area contributed by atoms with Crippen molar-refractivity contribution < 1.29 is 15.0 Å². The second-order valence-corrected chi connectivity index (χ2v) is 2.60. The molecular formula is C6H14ClNO3. The quantitative estimate of drug-likeness (QED) is 0.568. The van der Waals surface area contributed by atoms with Crippen molar-refractivity contribution in [2.24, 2.45) is 11.7 Å². The second kappa shape index (κ2) is 5.35. The summed E-state index contributed by atoms with van der Waals surface area (Å²) in [5.74, 6) is -1.28. The number of halogens is 1. The first-order valence-corrected chi connectivity index (χ1v) is 3.13. The number of aliphatic hydroxyl groups excluding tert-OH is 1. The molecule has 68 valence electrons. The molecule has 0 aromatic heterocycles. The predicted octanol–water partition coefficient (Wildman–Crippen LogP) is -0.163. The van der Waals surface area contributed by atoms with Crippen LogP contribution in [0, 0.1) is 5.92 Å². The molecule has 0 bridgehead atoms. The second-order valence-electron chi connectivity index (χ2n) is 2.60. The van der Waals surface area contributed by atoms with Crippen molar-refractivity contribution >= 4 is 18.4 Å². The lowest BCUT2D eigenvalue weighted by atomic mass is 10.0. The minimum Gasteiger partial charge on any atom is -0.480 e. The van der Waals surface area contributed by atoms with E-state index in [0.717, 1.165) is 0 Å². The highest BCUT2D eigenvalue weighted by atomic mass is 35.5. The summed E-state index contributed by atoms with van der Waals surface area (Å²) >= 11 is 0. The SMILES string of the molecule is CC(C)C(O)[C@H](N)C(=O)O.Cl. The molecule has 2 atom stereocenters. The predicted molar refractivity (Wildman–Crippen MR) is 43.7 cm³/mol. The molecule has 0 saturated carbocycles. The zero-order chi connectivity index (χ0) is 8.31. The summed E-state index contributed by atoms with van der Waals surface area (Å²) in [6.45, 7) is 3.43. The molecule has 0 spiro atoms. The summed E-state index contributed by atoms with van der Waals surface area (Å²) in [7, 11) is 0. The van der Waals surface area contributed by atoms with Crippen molar-refractivity contribution in [3.05, 3.63) is 0 Å². The lowest BCUT2D eigenvalue weighted by Crippen LogP contribution is -2.44. The van der Waals surface area contributed by atoms with Crippen molar-refractivity contribution in [2.45, 2.75) is 26.0 Å². The van der Waals surface area contributed by atoms with E-state index in [9.17, 15) is 4.79 Å². The van der Waals surface area contributed by atoms with E-state index < -0.39 is 18.1 Å². The maximum atomic E-state index is 10.2. The maximum Gasteiger partial charge on any atom is 0.323 e. The summed E-state index contributed by atoms with van der Waals surface area (Å²) in [4.78, 5) is 10.2. The van der Waals surface area contributed by atoms with Gasteiger partial charge in [0.05, 0.1) is 6.10 Å². The van der Waals surface area contributed by atoms with Crippen LogP contribution in [-0.2, 0) is 4.79 Å². The van der Waals surface area contributed by atoms with Crippen LogP contribution in [0.4, 0.5) is 0 Å². The standard InChI is InChI=1S/C6H13NO3.ClH/c1-3(2)5(8)4(7)6(9)10;/h3-5,8H,7H2,1-2H3,(H,9,10);1H/t4-,5?;/m0./s1. The maximum absolute atomic E-state index is 10.2. The van der Waals surface area contributed by atoms with Crippen LogP contribution >= 0.6 is 12.4 Å². The first-order chi connectivity index (χ1) is 4.46. The van der Waals surface area contributed by atoms with Gasteiger partial charge in [-0.3, -0.25) is 4.79 Å². The molecule has 0 aromatic carbocycles. The van der Waals surface area contributed by atoms with Gasteiger partial charge in [-0.25, -0.2) is 0 Å². The lowest BCUT2D eigenvalue weighted by molar-refractivity contribution is -0.141. The summed E-state index contributed by atoms with van der Waals surface area (Å²) in [6, 6.07) is -1.17. The van der Waals surface area contributed by atoms with E-state index in [-0.39, 0.29) is 18.3 Å². The van der Waals surface area contributed by atoms with Gasteiger partial charge in [-0.15, -0.1) is 12.4 Å². The van der Waals surface area contributed by atoms with Crippen LogP contribution in [0.3, 0.4) is 0 Å². The number of carboxylic acids is 1. The van der Waals surface area contributed by atoms with Gasteiger partial charge in [0, 0.05) is 0 Å². The molecule has 0 amide bonds. The molecule has 0 radical (unpaired) electrons. The molecular weight excluding hydrogens is 170 g/mol. The number of carbonyl (C=O) groups is 1. The average Bonchev–Trinajstić information content (AvgIpc) is 1.84. The van der Waals surface area contributed by atoms with E-state index >= 15 is 0 Å². The zero-order valence-corrected chi connectivity index (χ0v) is 7.34. The van der Waals surface area contributed by atoms with Gasteiger partial charge in [0.15, 0.2) is 0 Å². The van der Waals surface area contributed by atoms with Gasteiger partial charge >= 0.3 is 5.97 Å². The summed E-state index contributed by atoms with van der Waals surface area (Å²) < 4.78 is 0. The fourth-order valence-corrected chi connectivity index (χ4v) is 0.561. The van der Waals surface area contributed by atoms with Crippen molar-refractivity contribution in [3.63, 3.8) is 0 Å². The molecule has 0 aliphatic carbocycles. The number of hydrogen-bond donors (Lipinski definition) is 3. The molecule has 4 nitrogen and oxygen atoms in total. The highest BCUT2D eigenvalue weighted by Gasteiger charge is 2.24. The van der Waals surface area contributed by atoms with E-state index in [1.54, 1.807) is 13.8 Å². The van der Waals surface area contributed by atoms with Gasteiger partial charge in [-0.2, -0.15) is 0 Å². The minimum atomic E-state index is -1.17. The van der Waals surface area contributed by atoms with Crippen LogP contribution in [0.15, 0.2) is 0 Å². The van der Waals surface area contributed by atoms with Gasteiger partial charge in [0.1, 0.15) is 6.04 Å². The third-order valence-corrected chi connectivity index (χ3v) is 1.34. The Balaban J connectivity index is 0. The Morgan fingerprint density at radius 3 is 1.91 bits per heavy atom. The Bertz CT molecular complexity index is 129. The molecule has 4 N–H and O–H groups in total. The third-order valence-electron chi connectivity index (χ3n) is 1.34. The van der Waals surface area contributed by atoms with Gasteiger partial charge in [-0.05, 0) is 5.92 Å². The Morgan fingerprint density at radius 2 is 1.82 bits per heavy atom.